The van der Waals surface area contributed by atoms with E-state index in [0.717, 1.165) is 5.56 Å². The normalized spacial score (nSPS) is 24.4. The van der Waals surface area contributed by atoms with Gasteiger partial charge in [0, 0.05) is 12.7 Å². The van der Waals surface area contributed by atoms with Crippen LogP contribution in [0, 0.1) is 12.3 Å². The molecule has 1 aromatic carbocycles. The van der Waals surface area contributed by atoms with Crippen LogP contribution in [0.4, 0.5) is 5.82 Å². The van der Waals surface area contributed by atoms with E-state index < -0.39 is 31.1 Å². The van der Waals surface area contributed by atoms with Gasteiger partial charge in [0.05, 0.1) is 17.6 Å². The van der Waals surface area contributed by atoms with Crippen molar-refractivity contribution in [3.8, 4) is 12.3 Å². The van der Waals surface area contributed by atoms with Gasteiger partial charge >= 0.3 is 0 Å². The second-order valence-corrected chi connectivity index (χ2v) is 6.58. The number of hydrogen-bond acceptors (Lipinski definition) is 7. The number of nitrogens with zero attached hydrogens (tertiary/aromatic N) is 3. The second kappa shape index (κ2) is 7.58. The largest absolute Gasteiger partial charge is 0.394 e. The molecular weight excluding hydrogens is 360 g/mol. The van der Waals surface area contributed by atoms with Crippen molar-refractivity contribution in [1.82, 2.24) is 14.5 Å². The van der Waals surface area contributed by atoms with Crippen molar-refractivity contribution in [3.05, 3.63) is 54.0 Å². The van der Waals surface area contributed by atoms with Gasteiger partial charge in [-0.1, -0.05) is 36.3 Å². The zero-order valence-electron chi connectivity index (χ0n) is 14.9. The highest BCUT2D eigenvalue weighted by Crippen LogP contribution is 2.34. The predicted molar refractivity (Wildman–Crippen MR) is 102 cm³/mol. The molecule has 1 saturated heterocycles. The molecule has 1 fully saturated rings. The number of aliphatic hydroxyl groups is 3. The topological polar surface area (TPSA) is 113 Å². The Morgan fingerprint density at radius 3 is 2.64 bits per heavy atom. The molecule has 3 aromatic rings. The Bertz CT molecular complexity index is 1010. The molecule has 8 nitrogen and oxygen atoms in total. The van der Waals surface area contributed by atoms with Crippen molar-refractivity contribution in [2.45, 2.75) is 31.1 Å². The Labute approximate surface area is 161 Å². The predicted octanol–water partition coefficient (Wildman–Crippen LogP) is 0.636. The van der Waals surface area contributed by atoms with Crippen LogP contribution in [-0.2, 0) is 11.3 Å². The van der Waals surface area contributed by atoms with Gasteiger partial charge in [-0.05, 0) is 5.56 Å². The summed E-state index contributed by atoms with van der Waals surface area (Å²) in [6.07, 6.45) is 4.46. The third-order valence-corrected chi connectivity index (χ3v) is 4.86. The Balaban J connectivity index is 1.72. The van der Waals surface area contributed by atoms with Crippen LogP contribution in [0.3, 0.4) is 0 Å². The Morgan fingerprint density at radius 1 is 1.18 bits per heavy atom. The summed E-state index contributed by atoms with van der Waals surface area (Å²) >= 11 is 0. The molecule has 0 bridgehead atoms. The zero-order valence-corrected chi connectivity index (χ0v) is 14.9. The summed E-state index contributed by atoms with van der Waals surface area (Å²) in [6, 6.07) is 9.86. The van der Waals surface area contributed by atoms with Crippen LogP contribution in [0.2, 0.25) is 0 Å². The minimum Gasteiger partial charge on any atom is -0.394 e. The number of hydrogen-bond donors (Lipinski definition) is 4. The molecule has 0 spiro atoms. The lowest BCUT2D eigenvalue weighted by atomic mass is 10.1. The van der Waals surface area contributed by atoms with Crippen LogP contribution < -0.4 is 5.32 Å². The molecule has 0 saturated carbocycles. The fourth-order valence-corrected chi connectivity index (χ4v) is 3.41. The van der Waals surface area contributed by atoms with E-state index in [1.807, 2.05) is 30.3 Å². The first-order chi connectivity index (χ1) is 13.6. The number of aliphatic hydroxyl groups excluding tert-OH is 3. The lowest BCUT2D eigenvalue weighted by molar-refractivity contribution is -0.0508. The molecule has 4 N–H and O–H groups in total. The van der Waals surface area contributed by atoms with Gasteiger partial charge in [-0.25, -0.2) is 9.97 Å². The van der Waals surface area contributed by atoms with E-state index in [9.17, 15) is 15.3 Å². The first-order valence-corrected chi connectivity index (χ1v) is 8.86. The monoisotopic (exact) mass is 380 g/mol. The lowest BCUT2D eigenvalue weighted by Crippen LogP contribution is -2.33. The lowest BCUT2D eigenvalue weighted by Gasteiger charge is -2.17. The van der Waals surface area contributed by atoms with Crippen LogP contribution in [-0.4, -0.2) is 54.8 Å². The van der Waals surface area contributed by atoms with E-state index in [1.54, 1.807) is 10.8 Å². The Morgan fingerprint density at radius 2 is 1.96 bits per heavy atom. The van der Waals surface area contributed by atoms with Gasteiger partial charge in [-0.2, -0.15) is 0 Å². The molecule has 8 heteroatoms. The van der Waals surface area contributed by atoms with Crippen molar-refractivity contribution < 1.29 is 20.1 Å². The average molecular weight is 380 g/mol. The fraction of sp³-hybridized carbons (Fsp3) is 0.300. The van der Waals surface area contributed by atoms with E-state index in [1.165, 1.54) is 6.33 Å². The second-order valence-electron chi connectivity index (χ2n) is 6.58. The maximum Gasteiger partial charge on any atom is 0.164 e. The average Bonchev–Trinajstić information content (AvgIpc) is 3.25. The summed E-state index contributed by atoms with van der Waals surface area (Å²) in [4.78, 5) is 8.61. The molecule has 4 atom stereocenters. The molecule has 2 aromatic heterocycles. The highest BCUT2D eigenvalue weighted by molar-refractivity contribution is 5.93. The summed E-state index contributed by atoms with van der Waals surface area (Å²) in [5, 5.41) is 33.6. The quantitative estimate of drug-likeness (QED) is 0.481. The Kier molecular flexibility index (Phi) is 4.98. The molecule has 144 valence electrons. The summed E-state index contributed by atoms with van der Waals surface area (Å²) in [6.45, 7) is 0.144. The van der Waals surface area contributed by atoms with Gasteiger partial charge in [0.2, 0.25) is 0 Å². The molecular formula is C20H20N4O4. The molecule has 1 aliphatic heterocycles. The summed E-state index contributed by atoms with van der Waals surface area (Å²) in [7, 11) is 0. The highest BCUT2D eigenvalue weighted by atomic mass is 16.6. The zero-order chi connectivity index (χ0) is 19.7. The minimum absolute atomic E-state index is 0.408. The first kappa shape index (κ1) is 18.4. The van der Waals surface area contributed by atoms with Gasteiger partial charge in [-0.3, -0.25) is 0 Å². The van der Waals surface area contributed by atoms with Crippen molar-refractivity contribution in [1.29, 1.82) is 0 Å². The van der Waals surface area contributed by atoms with Crippen molar-refractivity contribution >= 4 is 16.9 Å². The first-order valence-electron chi connectivity index (χ1n) is 8.86. The summed E-state index contributed by atoms with van der Waals surface area (Å²) in [5.74, 6) is 3.18. The molecule has 3 heterocycles. The smallest absolute Gasteiger partial charge is 0.164 e. The van der Waals surface area contributed by atoms with Crippen LogP contribution in [0.15, 0.2) is 42.9 Å². The van der Waals surface area contributed by atoms with E-state index in [2.05, 4.69) is 21.2 Å². The van der Waals surface area contributed by atoms with E-state index >= 15 is 0 Å². The molecule has 1 aliphatic rings. The van der Waals surface area contributed by atoms with Gasteiger partial charge in [0.25, 0.3) is 0 Å². The number of ether oxygens (including phenoxy) is 1. The van der Waals surface area contributed by atoms with E-state index in [-0.39, 0.29) is 0 Å². The molecule has 0 aliphatic carbocycles. The third kappa shape index (κ3) is 3.10. The summed E-state index contributed by atoms with van der Waals surface area (Å²) < 4.78 is 7.19. The number of anilines is 1. The van der Waals surface area contributed by atoms with Crippen LogP contribution >= 0.6 is 0 Å². The van der Waals surface area contributed by atoms with Crippen molar-refractivity contribution in [2.24, 2.45) is 0 Å². The van der Waals surface area contributed by atoms with Crippen LogP contribution in [0.1, 0.15) is 17.4 Å². The standard InChI is InChI=1S/C20H20N4O4/c1-2-13-9-24(20-17(27)16(26)14(10-25)28-20)19-15(13)18(22-11-23-19)21-8-12-6-4-3-5-7-12/h1,3-7,9,11,14,16-17,20,25-27H,8,10H2,(H,21,22,23)/t14-,16-,17-,20-/m1/s1. The molecule has 4 rings (SSSR count). The molecule has 0 amide bonds. The number of aromatic nitrogens is 3. The number of terminal acetylenes is 1. The number of benzene rings is 1. The SMILES string of the molecule is C#Cc1cn([C@@H]2O[C@H](CO)[C@@H](O)[C@H]2O)c2ncnc(NCc3ccccc3)c12. The number of nitrogens with one attached hydrogen (secondary N) is 1. The van der Waals surface area contributed by atoms with E-state index in [0.29, 0.717) is 29.0 Å². The van der Waals surface area contributed by atoms with Gasteiger partial charge in [-0.15, -0.1) is 6.42 Å². The van der Waals surface area contributed by atoms with Crippen LogP contribution in [0.5, 0.6) is 0 Å². The molecule has 28 heavy (non-hydrogen) atoms. The molecule has 0 radical (unpaired) electrons. The number of rotatable bonds is 5. The Hall–Kier alpha value is -2.96. The number of fused-ring (bicyclic) bond motifs is 1. The maximum absolute atomic E-state index is 10.4. The van der Waals surface area contributed by atoms with Crippen molar-refractivity contribution in [3.63, 3.8) is 0 Å². The summed E-state index contributed by atoms with van der Waals surface area (Å²) in [5.41, 5.74) is 2.08. The van der Waals surface area contributed by atoms with Gasteiger partial charge in [0.1, 0.15) is 36.1 Å². The van der Waals surface area contributed by atoms with Gasteiger partial charge in [0.15, 0.2) is 6.23 Å². The minimum atomic E-state index is -1.23. The van der Waals surface area contributed by atoms with Gasteiger partial charge < -0.3 is 29.9 Å². The molecule has 0 unspecified atom stereocenters. The third-order valence-electron chi connectivity index (χ3n) is 4.86. The maximum atomic E-state index is 10.4. The van der Waals surface area contributed by atoms with Crippen LogP contribution in [0.25, 0.3) is 11.0 Å². The van der Waals surface area contributed by atoms with Crippen molar-refractivity contribution in [2.75, 3.05) is 11.9 Å². The highest BCUT2D eigenvalue weighted by Gasteiger charge is 2.44. The van der Waals surface area contributed by atoms with E-state index in [4.69, 9.17) is 11.2 Å². The fourth-order valence-electron chi connectivity index (χ4n) is 3.41.